The number of carbonyl (C=O) groups excluding carboxylic acids is 1. The van der Waals surface area contributed by atoms with Crippen LogP contribution in [0.5, 0.6) is 5.75 Å². The predicted octanol–water partition coefficient (Wildman–Crippen LogP) is 3.34. The Bertz CT molecular complexity index is 1310. The number of aromatic nitrogens is 1. The van der Waals surface area contributed by atoms with Crippen LogP contribution in [-0.4, -0.2) is 44.4 Å². The fourth-order valence-corrected chi connectivity index (χ4v) is 4.91. The second-order valence-electron chi connectivity index (χ2n) is 7.60. The van der Waals surface area contributed by atoms with Gasteiger partial charge in [0.15, 0.2) is 0 Å². The summed E-state index contributed by atoms with van der Waals surface area (Å²) < 4.78 is 6.92. The lowest BCUT2D eigenvalue weighted by atomic mass is 10.0. The molecule has 1 aliphatic rings. The van der Waals surface area contributed by atoms with Gasteiger partial charge in [-0.3, -0.25) is 23.9 Å². The van der Waals surface area contributed by atoms with Crippen molar-refractivity contribution in [2.45, 2.75) is 33.4 Å². The number of hydrogen-bond acceptors (Lipinski definition) is 8. The lowest BCUT2D eigenvalue weighted by Gasteiger charge is -2.19. The number of ether oxygens (including phenoxy) is 1. The summed E-state index contributed by atoms with van der Waals surface area (Å²) in [5.74, 6) is -0.244. The van der Waals surface area contributed by atoms with Gasteiger partial charge < -0.3 is 15.2 Å². The van der Waals surface area contributed by atoms with E-state index in [9.17, 15) is 19.6 Å². The van der Waals surface area contributed by atoms with E-state index in [0.717, 1.165) is 23.1 Å². The molecule has 3 rings (SSSR count). The van der Waals surface area contributed by atoms with Crippen molar-refractivity contribution in [3.8, 4) is 11.8 Å². The molecule has 2 heterocycles. The maximum atomic E-state index is 13.0. The van der Waals surface area contributed by atoms with Crippen LogP contribution in [0.3, 0.4) is 0 Å². The summed E-state index contributed by atoms with van der Waals surface area (Å²) >= 11 is 6.34. The van der Waals surface area contributed by atoms with E-state index in [-0.39, 0.29) is 22.8 Å². The molecule has 9 nitrogen and oxygen atoms in total. The van der Waals surface area contributed by atoms with Gasteiger partial charge in [-0.1, -0.05) is 36.1 Å². The van der Waals surface area contributed by atoms with Gasteiger partial charge in [0.25, 0.3) is 11.5 Å². The van der Waals surface area contributed by atoms with Crippen molar-refractivity contribution in [2.75, 3.05) is 19.0 Å². The molecule has 11 heteroatoms. The summed E-state index contributed by atoms with van der Waals surface area (Å²) in [5, 5.41) is 21.9. The monoisotopic (exact) mass is 512 g/mol. The number of amides is 1. The standard InChI is InChI=1S/C24H24N4O5S2/c1-4-27-21(26-13-15-5-7-16(33-3)8-6-15)17(14(2)18(12-25)22(27)31)11-19-23(32)28(24(34)35-19)10-9-20(29)30/h5-8,11,26H,4,9-10,13H2,1-3H3,(H,29,30)/b19-11+. The minimum atomic E-state index is -1.03. The fourth-order valence-electron chi connectivity index (χ4n) is 3.62. The fraction of sp³-hybridized carbons (Fsp3) is 0.292. The molecule has 2 N–H and O–H groups in total. The largest absolute Gasteiger partial charge is 0.497 e. The van der Waals surface area contributed by atoms with E-state index in [4.69, 9.17) is 22.1 Å². The second kappa shape index (κ2) is 11.2. The smallest absolute Gasteiger partial charge is 0.305 e. The molecule has 1 aromatic carbocycles. The van der Waals surface area contributed by atoms with E-state index in [1.165, 1.54) is 9.47 Å². The molecule has 0 aliphatic carbocycles. The van der Waals surface area contributed by atoms with E-state index in [1.54, 1.807) is 27.0 Å². The molecule has 35 heavy (non-hydrogen) atoms. The number of carbonyl (C=O) groups is 2. The van der Waals surface area contributed by atoms with Crippen LogP contribution in [0.1, 0.15) is 35.6 Å². The number of rotatable bonds is 9. The van der Waals surface area contributed by atoms with Crippen LogP contribution in [0.15, 0.2) is 34.0 Å². The van der Waals surface area contributed by atoms with Crippen molar-refractivity contribution in [3.05, 3.63) is 61.8 Å². The highest BCUT2D eigenvalue weighted by molar-refractivity contribution is 8.26. The molecular formula is C24H24N4O5S2. The molecule has 1 amide bonds. The third kappa shape index (κ3) is 5.55. The molecule has 1 aliphatic heterocycles. The van der Waals surface area contributed by atoms with Crippen LogP contribution in [0, 0.1) is 18.3 Å². The highest BCUT2D eigenvalue weighted by atomic mass is 32.2. The molecule has 0 saturated carbocycles. The summed E-state index contributed by atoms with van der Waals surface area (Å²) in [6, 6.07) is 9.43. The van der Waals surface area contributed by atoms with Crippen LogP contribution in [-0.2, 0) is 22.7 Å². The van der Waals surface area contributed by atoms with Gasteiger partial charge in [0.1, 0.15) is 27.5 Å². The van der Waals surface area contributed by atoms with Crippen molar-refractivity contribution in [1.29, 1.82) is 5.26 Å². The molecule has 1 aromatic heterocycles. The highest BCUT2D eigenvalue weighted by Gasteiger charge is 2.33. The zero-order valence-electron chi connectivity index (χ0n) is 19.5. The molecule has 2 aromatic rings. The second-order valence-corrected chi connectivity index (χ2v) is 9.28. The Morgan fingerprint density at radius 1 is 1.31 bits per heavy atom. The topological polar surface area (TPSA) is 125 Å². The SMILES string of the molecule is CCn1c(NCc2ccc(OC)cc2)c(/C=C2/SC(=S)N(CCC(=O)O)C2=O)c(C)c(C#N)c1=O. The Hall–Kier alpha value is -3.62. The molecule has 0 radical (unpaired) electrons. The van der Waals surface area contributed by atoms with Gasteiger partial charge in [0, 0.05) is 25.2 Å². The zero-order chi connectivity index (χ0) is 25.7. The Labute approximate surface area is 212 Å². The average molecular weight is 513 g/mol. The first-order chi connectivity index (χ1) is 16.7. The van der Waals surface area contributed by atoms with Gasteiger partial charge in [-0.25, -0.2) is 0 Å². The number of carboxylic acids is 1. The van der Waals surface area contributed by atoms with Crippen LogP contribution in [0.25, 0.3) is 6.08 Å². The van der Waals surface area contributed by atoms with Gasteiger partial charge >= 0.3 is 5.97 Å². The molecule has 0 spiro atoms. The Balaban J connectivity index is 2.06. The number of thioether (sulfide) groups is 1. The third-order valence-electron chi connectivity index (χ3n) is 5.51. The van der Waals surface area contributed by atoms with Gasteiger partial charge in [-0.2, -0.15) is 5.26 Å². The number of anilines is 1. The molecule has 0 unspecified atom stereocenters. The Morgan fingerprint density at radius 2 is 2.00 bits per heavy atom. The first-order valence-electron chi connectivity index (χ1n) is 10.7. The summed E-state index contributed by atoms with van der Waals surface area (Å²) in [6.45, 7) is 4.12. The molecule has 182 valence electrons. The van der Waals surface area contributed by atoms with Gasteiger partial charge in [0.2, 0.25) is 0 Å². The highest BCUT2D eigenvalue weighted by Crippen LogP contribution is 2.35. The maximum Gasteiger partial charge on any atom is 0.305 e. The summed E-state index contributed by atoms with van der Waals surface area (Å²) in [7, 11) is 1.59. The summed E-state index contributed by atoms with van der Waals surface area (Å²) in [6.07, 6.45) is 1.38. The first kappa shape index (κ1) is 26.0. The number of aliphatic carboxylic acids is 1. The number of nitriles is 1. The molecular weight excluding hydrogens is 488 g/mol. The third-order valence-corrected chi connectivity index (χ3v) is 6.89. The van der Waals surface area contributed by atoms with Crippen LogP contribution < -0.4 is 15.6 Å². The number of carboxylic acid groups (broad SMARTS) is 1. The number of benzene rings is 1. The number of thiocarbonyl (C=S) groups is 1. The van der Waals surface area contributed by atoms with Crippen molar-refractivity contribution < 1.29 is 19.4 Å². The van der Waals surface area contributed by atoms with Crippen molar-refractivity contribution in [3.63, 3.8) is 0 Å². The normalized spacial score (nSPS) is 14.3. The molecule has 0 atom stereocenters. The molecule has 1 fully saturated rings. The quantitative estimate of drug-likeness (QED) is 0.384. The van der Waals surface area contributed by atoms with Crippen LogP contribution in [0.4, 0.5) is 5.82 Å². The lowest BCUT2D eigenvalue weighted by Crippen LogP contribution is -2.30. The van der Waals surface area contributed by atoms with E-state index in [0.29, 0.717) is 34.9 Å². The van der Waals surface area contributed by atoms with E-state index < -0.39 is 17.4 Å². The number of methoxy groups -OCH3 is 1. The number of nitrogens with one attached hydrogen (secondary N) is 1. The van der Waals surface area contributed by atoms with E-state index in [1.807, 2.05) is 30.3 Å². The van der Waals surface area contributed by atoms with Crippen molar-refractivity contribution in [2.24, 2.45) is 0 Å². The van der Waals surface area contributed by atoms with Gasteiger partial charge in [-0.15, -0.1) is 0 Å². The number of nitrogens with zero attached hydrogens (tertiary/aromatic N) is 3. The van der Waals surface area contributed by atoms with E-state index >= 15 is 0 Å². The maximum absolute atomic E-state index is 13.0. The number of pyridine rings is 1. The molecule has 1 saturated heterocycles. The van der Waals surface area contributed by atoms with Crippen LogP contribution >= 0.6 is 24.0 Å². The first-order valence-corrected chi connectivity index (χ1v) is 12.0. The van der Waals surface area contributed by atoms with Crippen molar-refractivity contribution in [1.82, 2.24) is 9.47 Å². The minimum absolute atomic E-state index is 0.00514. The zero-order valence-corrected chi connectivity index (χ0v) is 21.1. The Morgan fingerprint density at radius 3 is 2.57 bits per heavy atom. The van der Waals surface area contributed by atoms with Crippen LogP contribution in [0.2, 0.25) is 0 Å². The van der Waals surface area contributed by atoms with Gasteiger partial charge in [-0.05, 0) is 43.2 Å². The predicted molar refractivity (Wildman–Crippen MR) is 138 cm³/mol. The number of hydrogen-bond donors (Lipinski definition) is 2. The Kier molecular flexibility index (Phi) is 8.32. The van der Waals surface area contributed by atoms with Gasteiger partial charge in [0.05, 0.1) is 18.4 Å². The molecule has 0 bridgehead atoms. The lowest BCUT2D eigenvalue weighted by molar-refractivity contribution is -0.137. The van der Waals surface area contributed by atoms with Crippen molar-refractivity contribution >= 4 is 52.1 Å². The minimum Gasteiger partial charge on any atom is -0.497 e. The van der Waals surface area contributed by atoms with E-state index in [2.05, 4.69) is 5.32 Å². The average Bonchev–Trinajstić information content (AvgIpc) is 3.10. The summed E-state index contributed by atoms with van der Waals surface area (Å²) in [5.41, 5.74) is 1.48. The summed E-state index contributed by atoms with van der Waals surface area (Å²) in [4.78, 5) is 38.4.